The van der Waals surface area contributed by atoms with E-state index in [4.69, 9.17) is 0 Å². The molecular formula is C16H30N2O. The topological polar surface area (TPSA) is 38.1 Å². The van der Waals surface area contributed by atoms with Gasteiger partial charge < -0.3 is 5.11 Å². The fourth-order valence-electron chi connectivity index (χ4n) is 2.54. The molecular weight excluding hydrogens is 236 g/mol. The number of nitrogens with zero attached hydrogens (tertiary/aromatic N) is 2. The van der Waals surface area contributed by atoms with Gasteiger partial charge in [0.1, 0.15) is 0 Å². The lowest BCUT2D eigenvalue weighted by molar-refractivity contribution is 0.158. The number of aromatic nitrogens is 2. The molecule has 19 heavy (non-hydrogen) atoms. The quantitative estimate of drug-likeness (QED) is 0.653. The third-order valence-corrected chi connectivity index (χ3v) is 3.62. The number of aliphatic hydroxyl groups is 1. The molecule has 1 atom stereocenters. The van der Waals surface area contributed by atoms with Gasteiger partial charge in [0.05, 0.1) is 11.8 Å². The van der Waals surface area contributed by atoms with Gasteiger partial charge in [-0.15, -0.1) is 0 Å². The van der Waals surface area contributed by atoms with Crippen LogP contribution >= 0.6 is 0 Å². The minimum Gasteiger partial charge on any atom is -0.393 e. The van der Waals surface area contributed by atoms with Crippen LogP contribution in [0.5, 0.6) is 0 Å². The van der Waals surface area contributed by atoms with Crippen LogP contribution in [-0.2, 0) is 13.0 Å². The lowest BCUT2D eigenvalue weighted by Crippen LogP contribution is -2.14. The van der Waals surface area contributed by atoms with Gasteiger partial charge >= 0.3 is 0 Å². The normalized spacial score (nSPS) is 12.8. The summed E-state index contributed by atoms with van der Waals surface area (Å²) in [6.45, 7) is 7.22. The van der Waals surface area contributed by atoms with Crippen molar-refractivity contribution in [2.75, 3.05) is 0 Å². The molecule has 0 fully saturated rings. The Labute approximate surface area is 118 Å². The Balaban J connectivity index is 2.21. The van der Waals surface area contributed by atoms with Crippen LogP contribution in [0.2, 0.25) is 0 Å². The first kappa shape index (κ1) is 16.2. The molecule has 3 nitrogen and oxygen atoms in total. The smallest absolute Gasteiger partial charge is 0.0596 e. The molecule has 0 aliphatic carbocycles. The van der Waals surface area contributed by atoms with Crippen LogP contribution in [0.3, 0.4) is 0 Å². The third-order valence-electron chi connectivity index (χ3n) is 3.62. The molecule has 0 amide bonds. The maximum Gasteiger partial charge on any atom is 0.0596 e. The van der Waals surface area contributed by atoms with Gasteiger partial charge in [0.15, 0.2) is 0 Å². The first-order chi connectivity index (χ1) is 9.17. The molecule has 1 rings (SSSR count). The Morgan fingerprint density at radius 1 is 1.16 bits per heavy atom. The first-order valence-electron chi connectivity index (χ1n) is 7.88. The van der Waals surface area contributed by atoms with Crippen molar-refractivity contribution in [3.05, 3.63) is 17.5 Å². The van der Waals surface area contributed by atoms with Gasteiger partial charge in [0.25, 0.3) is 0 Å². The molecule has 1 unspecified atom stereocenters. The largest absolute Gasteiger partial charge is 0.393 e. The predicted octanol–water partition coefficient (Wildman–Crippen LogP) is 3.87. The summed E-state index contributed by atoms with van der Waals surface area (Å²) < 4.78 is 2.00. The summed E-state index contributed by atoms with van der Waals surface area (Å²) in [6, 6.07) is 2.09. The van der Waals surface area contributed by atoms with Crippen molar-refractivity contribution < 1.29 is 5.11 Å². The summed E-state index contributed by atoms with van der Waals surface area (Å²) >= 11 is 0. The average molecular weight is 266 g/mol. The fourth-order valence-corrected chi connectivity index (χ4v) is 2.54. The Morgan fingerprint density at radius 3 is 2.53 bits per heavy atom. The summed E-state index contributed by atoms with van der Waals surface area (Å²) in [6.07, 6.45) is 9.13. The van der Waals surface area contributed by atoms with Crippen LogP contribution in [0.1, 0.15) is 70.2 Å². The molecule has 110 valence electrons. The fraction of sp³-hybridized carbons (Fsp3) is 0.812. The van der Waals surface area contributed by atoms with E-state index < -0.39 is 0 Å². The van der Waals surface area contributed by atoms with Gasteiger partial charge in [-0.3, -0.25) is 4.68 Å². The molecule has 0 bridgehead atoms. The average Bonchev–Trinajstić information content (AvgIpc) is 2.73. The van der Waals surface area contributed by atoms with Crippen molar-refractivity contribution in [2.45, 2.75) is 84.8 Å². The van der Waals surface area contributed by atoms with E-state index in [2.05, 4.69) is 25.0 Å². The van der Waals surface area contributed by atoms with E-state index in [1.165, 1.54) is 37.8 Å². The van der Waals surface area contributed by atoms with E-state index in [0.29, 0.717) is 0 Å². The summed E-state index contributed by atoms with van der Waals surface area (Å²) in [5.41, 5.74) is 2.21. The van der Waals surface area contributed by atoms with Gasteiger partial charge in [-0.05, 0) is 26.3 Å². The predicted molar refractivity (Wildman–Crippen MR) is 80.3 cm³/mol. The molecule has 0 radical (unpaired) electrons. The Hall–Kier alpha value is -0.830. The van der Waals surface area contributed by atoms with E-state index in [9.17, 15) is 5.11 Å². The van der Waals surface area contributed by atoms with Crippen LogP contribution in [0.4, 0.5) is 0 Å². The number of hydrogen-bond donors (Lipinski definition) is 1. The highest BCUT2D eigenvalue weighted by Crippen LogP contribution is 2.13. The zero-order valence-corrected chi connectivity index (χ0v) is 12.9. The Bertz CT molecular complexity index is 347. The third kappa shape index (κ3) is 6.24. The summed E-state index contributed by atoms with van der Waals surface area (Å²) in [5.74, 6) is 0. The Morgan fingerprint density at radius 2 is 1.84 bits per heavy atom. The number of rotatable bonds is 10. The highest BCUT2D eigenvalue weighted by molar-refractivity contribution is 5.09. The number of hydrogen-bond acceptors (Lipinski definition) is 2. The molecule has 0 aliphatic heterocycles. The zero-order chi connectivity index (χ0) is 14.1. The van der Waals surface area contributed by atoms with Crippen LogP contribution in [0.25, 0.3) is 0 Å². The van der Waals surface area contributed by atoms with E-state index in [0.717, 1.165) is 31.5 Å². The minimum atomic E-state index is -0.215. The maximum atomic E-state index is 10.1. The monoisotopic (exact) mass is 266 g/mol. The summed E-state index contributed by atoms with van der Waals surface area (Å²) in [4.78, 5) is 0. The highest BCUT2D eigenvalue weighted by atomic mass is 16.3. The molecule has 0 spiro atoms. The van der Waals surface area contributed by atoms with E-state index in [1.54, 1.807) is 0 Å². The zero-order valence-electron chi connectivity index (χ0n) is 12.9. The molecule has 0 aliphatic rings. The second-order valence-electron chi connectivity index (χ2n) is 5.51. The van der Waals surface area contributed by atoms with Crippen LogP contribution in [-0.4, -0.2) is 21.0 Å². The lowest BCUT2D eigenvalue weighted by atomic mass is 10.0. The van der Waals surface area contributed by atoms with Gasteiger partial charge in [-0.2, -0.15) is 5.10 Å². The van der Waals surface area contributed by atoms with Crippen LogP contribution < -0.4 is 0 Å². The molecule has 1 aromatic rings. The van der Waals surface area contributed by atoms with Crippen molar-refractivity contribution in [1.82, 2.24) is 9.78 Å². The molecule has 1 aromatic heterocycles. The molecule has 1 heterocycles. The van der Waals surface area contributed by atoms with Crippen molar-refractivity contribution in [3.63, 3.8) is 0 Å². The highest BCUT2D eigenvalue weighted by Gasteiger charge is 2.10. The molecule has 1 N–H and O–H groups in total. The SMILES string of the molecule is CCCCCCCCC(O)Cc1cc(C)nn1CC. The standard InChI is InChI=1S/C16H30N2O/c1-4-6-7-8-9-10-11-16(19)13-15-12-14(3)17-18(15)5-2/h12,16,19H,4-11,13H2,1-3H3. The lowest BCUT2D eigenvalue weighted by Gasteiger charge is -2.11. The van der Waals surface area contributed by atoms with E-state index in [1.807, 2.05) is 11.6 Å². The maximum absolute atomic E-state index is 10.1. The molecule has 3 heteroatoms. The van der Waals surface area contributed by atoms with Crippen molar-refractivity contribution in [2.24, 2.45) is 0 Å². The van der Waals surface area contributed by atoms with Crippen LogP contribution in [0.15, 0.2) is 6.07 Å². The van der Waals surface area contributed by atoms with Gasteiger partial charge in [0.2, 0.25) is 0 Å². The minimum absolute atomic E-state index is 0.215. The van der Waals surface area contributed by atoms with E-state index in [-0.39, 0.29) is 6.10 Å². The van der Waals surface area contributed by atoms with Gasteiger partial charge in [-0.25, -0.2) is 0 Å². The summed E-state index contributed by atoms with van der Waals surface area (Å²) in [7, 11) is 0. The van der Waals surface area contributed by atoms with Crippen molar-refractivity contribution >= 4 is 0 Å². The molecule has 0 saturated heterocycles. The van der Waals surface area contributed by atoms with Gasteiger partial charge in [-0.1, -0.05) is 45.4 Å². The van der Waals surface area contributed by atoms with Crippen LogP contribution in [0, 0.1) is 6.92 Å². The summed E-state index contributed by atoms with van der Waals surface area (Å²) in [5, 5.41) is 14.5. The first-order valence-corrected chi connectivity index (χ1v) is 7.88. The number of aliphatic hydroxyl groups excluding tert-OH is 1. The molecule has 0 saturated carbocycles. The Kier molecular flexibility index (Phi) is 7.80. The second kappa shape index (κ2) is 9.13. The molecule has 0 aromatic carbocycles. The van der Waals surface area contributed by atoms with Crippen molar-refractivity contribution in [1.29, 1.82) is 0 Å². The second-order valence-corrected chi connectivity index (χ2v) is 5.51. The van der Waals surface area contributed by atoms with Crippen molar-refractivity contribution in [3.8, 4) is 0 Å². The van der Waals surface area contributed by atoms with E-state index >= 15 is 0 Å². The number of unbranched alkanes of at least 4 members (excludes halogenated alkanes) is 5. The number of aryl methyl sites for hydroxylation is 2. The van der Waals surface area contributed by atoms with Gasteiger partial charge in [0, 0.05) is 18.7 Å².